The molecular formula is C15H15ClN2O4S. The Morgan fingerprint density at radius 3 is 2.65 bits per heavy atom. The van der Waals surface area contributed by atoms with Crippen molar-refractivity contribution in [3.8, 4) is 5.75 Å². The molecule has 0 saturated heterocycles. The minimum Gasteiger partial charge on any atom is -0.495 e. The highest BCUT2D eigenvalue weighted by atomic mass is 35.5. The highest BCUT2D eigenvalue weighted by molar-refractivity contribution is 7.13. The van der Waals surface area contributed by atoms with Crippen LogP contribution in [-0.4, -0.2) is 30.6 Å². The van der Waals surface area contributed by atoms with Crippen LogP contribution in [0.3, 0.4) is 0 Å². The number of anilines is 1. The predicted octanol–water partition coefficient (Wildman–Crippen LogP) is 3.22. The number of carbonyl (C=O) groups is 2. The van der Waals surface area contributed by atoms with Gasteiger partial charge in [0.15, 0.2) is 6.61 Å². The summed E-state index contributed by atoms with van der Waals surface area (Å²) in [6.45, 7) is 3.13. The maximum Gasteiger partial charge on any atom is 0.350 e. The largest absolute Gasteiger partial charge is 0.495 e. The van der Waals surface area contributed by atoms with Gasteiger partial charge < -0.3 is 14.8 Å². The lowest BCUT2D eigenvalue weighted by atomic mass is 10.3. The maximum absolute atomic E-state index is 11.9. The highest BCUT2D eigenvalue weighted by Crippen LogP contribution is 2.27. The zero-order valence-electron chi connectivity index (χ0n) is 12.8. The van der Waals surface area contributed by atoms with E-state index in [-0.39, 0.29) is 0 Å². The number of hydrogen-bond donors (Lipinski definition) is 1. The van der Waals surface area contributed by atoms with Crippen LogP contribution in [0.5, 0.6) is 5.75 Å². The van der Waals surface area contributed by atoms with Crippen LogP contribution in [0.15, 0.2) is 18.2 Å². The molecule has 122 valence electrons. The number of benzene rings is 1. The van der Waals surface area contributed by atoms with Gasteiger partial charge in [0.25, 0.3) is 5.91 Å². The number of methoxy groups -OCH3 is 1. The van der Waals surface area contributed by atoms with Crippen LogP contribution in [0.2, 0.25) is 5.02 Å². The minimum absolute atomic E-state index is 0.373. The second kappa shape index (κ2) is 7.43. The van der Waals surface area contributed by atoms with Gasteiger partial charge in [0.2, 0.25) is 0 Å². The molecular weight excluding hydrogens is 340 g/mol. The topological polar surface area (TPSA) is 77.5 Å². The lowest BCUT2D eigenvalue weighted by Gasteiger charge is -2.08. The summed E-state index contributed by atoms with van der Waals surface area (Å²) in [6, 6.07) is 4.82. The fourth-order valence-corrected chi connectivity index (χ4v) is 2.93. The molecule has 0 unspecified atom stereocenters. The molecule has 6 nitrogen and oxygen atoms in total. The average Bonchev–Trinajstić information content (AvgIpc) is 2.84. The minimum atomic E-state index is -0.559. The smallest absolute Gasteiger partial charge is 0.350 e. The van der Waals surface area contributed by atoms with Crippen LogP contribution in [-0.2, 0) is 9.53 Å². The lowest BCUT2D eigenvalue weighted by Crippen LogP contribution is -2.20. The van der Waals surface area contributed by atoms with E-state index in [4.69, 9.17) is 21.1 Å². The summed E-state index contributed by atoms with van der Waals surface area (Å²) in [6.07, 6.45) is 0. The Kier molecular flexibility index (Phi) is 5.57. The van der Waals surface area contributed by atoms with E-state index in [1.54, 1.807) is 32.0 Å². The Bertz CT molecular complexity index is 745. The van der Waals surface area contributed by atoms with Gasteiger partial charge in [-0.15, -0.1) is 11.3 Å². The first-order valence-corrected chi connectivity index (χ1v) is 7.84. The molecule has 0 aliphatic rings. The molecule has 2 rings (SSSR count). The zero-order chi connectivity index (χ0) is 17.0. The van der Waals surface area contributed by atoms with Crippen LogP contribution in [0.4, 0.5) is 5.69 Å². The summed E-state index contributed by atoms with van der Waals surface area (Å²) in [5, 5.41) is 3.74. The van der Waals surface area contributed by atoms with Crippen LogP contribution in [0.1, 0.15) is 20.4 Å². The molecule has 1 aromatic heterocycles. The summed E-state index contributed by atoms with van der Waals surface area (Å²) in [4.78, 5) is 28.3. The average molecular weight is 355 g/mol. The van der Waals surface area contributed by atoms with Crippen molar-refractivity contribution < 1.29 is 19.1 Å². The number of rotatable bonds is 5. The number of amides is 1. The molecule has 0 aliphatic heterocycles. The van der Waals surface area contributed by atoms with Crippen LogP contribution in [0, 0.1) is 13.8 Å². The number of nitrogens with one attached hydrogen (secondary N) is 1. The van der Waals surface area contributed by atoms with E-state index in [0.29, 0.717) is 27.0 Å². The molecule has 1 aromatic carbocycles. The number of carbonyl (C=O) groups excluding carboxylic acids is 2. The Hall–Kier alpha value is -2.12. The number of halogens is 1. The molecule has 0 bridgehead atoms. The summed E-state index contributed by atoms with van der Waals surface area (Å²) < 4.78 is 10.0. The summed E-state index contributed by atoms with van der Waals surface area (Å²) in [5.41, 5.74) is 1.08. The molecule has 23 heavy (non-hydrogen) atoms. The van der Waals surface area contributed by atoms with E-state index in [2.05, 4.69) is 10.3 Å². The van der Waals surface area contributed by atoms with Crippen molar-refractivity contribution in [2.45, 2.75) is 13.8 Å². The van der Waals surface area contributed by atoms with Crippen molar-refractivity contribution in [2.24, 2.45) is 0 Å². The number of aryl methyl sites for hydroxylation is 2. The van der Waals surface area contributed by atoms with Gasteiger partial charge in [-0.05, 0) is 32.0 Å². The van der Waals surface area contributed by atoms with Crippen molar-refractivity contribution in [3.63, 3.8) is 0 Å². The highest BCUT2D eigenvalue weighted by Gasteiger charge is 2.16. The number of ether oxygens (including phenoxy) is 2. The first-order valence-electron chi connectivity index (χ1n) is 6.65. The Balaban J connectivity index is 1.91. The maximum atomic E-state index is 11.9. The first kappa shape index (κ1) is 17.2. The first-order chi connectivity index (χ1) is 10.9. The van der Waals surface area contributed by atoms with Crippen molar-refractivity contribution in [3.05, 3.63) is 38.8 Å². The quantitative estimate of drug-likeness (QED) is 0.834. The molecule has 2 aromatic rings. The van der Waals surface area contributed by atoms with Crippen molar-refractivity contribution in [1.29, 1.82) is 0 Å². The van der Waals surface area contributed by atoms with Crippen molar-refractivity contribution in [2.75, 3.05) is 19.0 Å². The fourth-order valence-electron chi connectivity index (χ4n) is 1.86. The molecule has 0 saturated carbocycles. The molecule has 0 spiro atoms. The SMILES string of the molecule is COc1ccc(NC(=O)COC(=O)c2sc(C)nc2C)cc1Cl. The monoisotopic (exact) mass is 354 g/mol. The van der Waals surface area contributed by atoms with E-state index in [1.165, 1.54) is 18.4 Å². The molecule has 8 heteroatoms. The van der Waals surface area contributed by atoms with E-state index in [0.717, 1.165) is 5.01 Å². The Morgan fingerprint density at radius 1 is 1.35 bits per heavy atom. The zero-order valence-corrected chi connectivity index (χ0v) is 14.4. The number of esters is 1. The van der Waals surface area contributed by atoms with Gasteiger partial charge in [-0.2, -0.15) is 0 Å². The van der Waals surface area contributed by atoms with Gasteiger partial charge in [0, 0.05) is 5.69 Å². The molecule has 1 amide bonds. The van der Waals surface area contributed by atoms with Gasteiger partial charge in [-0.3, -0.25) is 4.79 Å². The van der Waals surface area contributed by atoms with Gasteiger partial charge >= 0.3 is 5.97 Å². The summed E-state index contributed by atoms with van der Waals surface area (Å²) in [7, 11) is 1.50. The van der Waals surface area contributed by atoms with Gasteiger partial charge in [0.1, 0.15) is 10.6 Å². The summed E-state index contributed by atoms with van der Waals surface area (Å²) >= 11 is 7.21. The molecule has 0 fully saturated rings. The number of aromatic nitrogens is 1. The normalized spacial score (nSPS) is 10.3. The second-order valence-electron chi connectivity index (χ2n) is 4.62. The summed E-state index contributed by atoms with van der Waals surface area (Å²) in [5.74, 6) is -0.512. The molecule has 0 aliphatic carbocycles. The van der Waals surface area contributed by atoms with Crippen molar-refractivity contribution >= 4 is 40.5 Å². The van der Waals surface area contributed by atoms with Crippen LogP contribution < -0.4 is 10.1 Å². The number of thiazole rings is 1. The molecule has 1 N–H and O–H groups in total. The predicted molar refractivity (Wildman–Crippen MR) is 88.5 cm³/mol. The van der Waals surface area contributed by atoms with E-state index in [9.17, 15) is 9.59 Å². The lowest BCUT2D eigenvalue weighted by molar-refractivity contribution is -0.119. The Labute approximate surface area is 142 Å². The Morgan fingerprint density at radius 2 is 2.09 bits per heavy atom. The van der Waals surface area contributed by atoms with Crippen molar-refractivity contribution in [1.82, 2.24) is 4.98 Å². The molecule has 0 atom stereocenters. The third kappa shape index (κ3) is 4.43. The van der Waals surface area contributed by atoms with Crippen LogP contribution >= 0.6 is 22.9 Å². The van der Waals surface area contributed by atoms with Gasteiger partial charge in [0.05, 0.1) is 22.8 Å². The third-order valence-corrected chi connectivity index (χ3v) is 4.21. The van der Waals surface area contributed by atoms with E-state index in [1.807, 2.05) is 0 Å². The number of hydrogen-bond acceptors (Lipinski definition) is 6. The molecule has 0 radical (unpaired) electrons. The molecule has 1 heterocycles. The number of nitrogens with zero attached hydrogens (tertiary/aromatic N) is 1. The third-order valence-electron chi connectivity index (χ3n) is 2.86. The van der Waals surface area contributed by atoms with Gasteiger partial charge in [-0.1, -0.05) is 11.6 Å². The van der Waals surface area contributed by atoms with E-state index < -0.39 is 18.5 Å². The van der Waals surface area contributed by atoms with E-state index >= 15 is 0 Å². The van der Waals surface area contributed by atoms with Gasteiger partial charge in [-0.25, -0.2) is 9.78 Å². The van der Waals surface area contributed by atoms with Crippen LogP contribution in [0.25, 0.3) is 0 Å². The fraction of sp³-hybridized carbons (Fsp3) is 0.267. The second-order valence-corrected chi connectivity index (χ2v) is 6.23. The standard InChI is InChI=1S/C15H15ClN2O4S/c1-8-14(23-9(2)17-8)15(20)22-7-13(19)18-10-4-5-12(21-3)11(16)6-10/h4-6H,7H2,1-3H3,(H,18,19).